The molecule has 1 rings (SSSR count). The Morgan fingerprint density at radius 1 is 1.06 bits per heavy atom. The minimum atomic E-state index is -1.53. The van der Waals surface area contributed by atoms with Gasteiger partial charge in [-0.15, -0.1) is 0 Å². The molecule has 84 valence electrons. The molecule has 0 fully saturated rings. The first kappa shape index (κ1) is 11.9. The number of rotatable bonds is 4. The van der Waals surface area contributed by atoms with Gasteiger partial charge in [0.05, 0.1) is 5.92 Å². The first-order valence-electron chi connectivity index (χ1n) is 4.54. The predicted octanol–water partition coefficient (Wildman–Crippen LogP) is 1.14. The fraction of sp³-hybridized carbons (Fsp3) is 0.182. The lowest BCUT2D eigenvalue weighted by Gasteiger charge is -2.06. The van der Waals surface area contributed by atoms with E-state index in [0.29, 0.717) is 5.56 Å². The standard InChI is InChI=1S/C11H10O5/c1-6(10(13)14)7-2-4-8(5-3-7)9(12)11(15)16/h2-6H,1H3,(H,13,14)(H,15,16). The van der Waals surface area contributed by atoms with Crippen LogP contribution in [0.1, 0.15) is 28.8 Å². The second-order valence-electron chi connectivity index (χ2n) is 3.32. The Kier molecular flexibility index (Phi) is 3.40. The van der Waals surface area contributed by atoms with E-state index >= 15 is 0 Å². The maximum absolute atomic E-state index is 11.0. The van der Waals surface area contributed by atoms with E-state index in [4.69, 9.17) is 10.2 Å². The van der Waals surface area contributed by atoms with Crippen LogP contribution in [0.5, 0.6) is 0 Å². The van der Waals surface area contributed by atoms with E-state index in [1.807, 2.05) is 0 Å². The van der Waals surface area contributed by atoms with Crippen molar-refractivity contribution in [1.82, 2.24) is 0 Å². The molecule has 0 saturated carbocycles. The van der Waals surface area contributed by atoms with Gasteiger partial charge in [-0.2, -0.15) is 0 Å². The zero-order valence-corrected chi connectivity index (χ0v) is 8.51. The number of hydrogen-bond donors (Lipinski definition) is 2. The number of carbonyl (C=O) groups is 3. The third-order valence-electron chi connectivity index (χ3n) is 2.24. The van der Waals surface area contributed by atoms with Crippen LogP contribution in [0.2, 0.25) is 0 Å². The molecule has 1 atom stereocenters. The molecular weight excluding hydrogens is 212 g/mol. The molecule has 1 unspecified atom stereocenters. The van der Waals surface area contributed by atoms with Crippen LogP contribution in [0.3, 0.4) is 0 Å². The molecule has 2 N–H and O–H groups in total. The zero-order chi connectivity index (χ0) is 12.3. The van der Waals surface area contributed by atoms with Gasteiger partial charge in [0, 0.05) is 5.56 Å². The lowest BCUT2D eigenvalue weighted by molar-refractivity contribution is -0.138. The molecular formula is C11H10O5. The van der Waals surface area contributed by atoms with E-state index in [2.05, 4.69) is 0 Å². The van der Waals surface area contributed by atoms with Gasteiger partial charge in [0.15, 0.2) is 0 Å². The number of aliphatic carboxylic acids is 2. The first-order valence-corrected chi connectivity index (χ1v) is 4.54. The molecule has 5 nitrogen and oxygen atoms in total. The number of carboxylic acids is 2. The number of Topliss-reactive ketones (excluding diaryl/α,β-unsaturated/α-hetero) is 1. The summed E-state index contributed by atoms with van der Waals surface area (Å²) in [4.78, 5) is 32.1. The molecule has 0 aliphatic heterocycles. The highest BCUT2D eigenvalue weighted by Gasteiger charge is 2.17. The smallest absolute Gasteiger partial charge is 0.377 e. The van der Waals surface area contributed by atoms with Gasteiger partial charge in [-0.25, -0.2) is 4.79 Å². The molecule has 0 spiro atoms. The fourth-order valence-electron chi connectivity index (χ4n) is 1.19. The number of carbonyl (C=O) groups excluding carboxylic acids is 1. The number of hydrogen-bond acceptors (Lipinski definition) is 3. The molecule has 0 heterocycles. The summed E-state index contributed by atoms with van der Waals surface area (Å²) < 4.78 is 0. The monoisotopic (exact) mass is 222 g/mol. The summed E-state index contributed by atoms with van der Waals surface area (Å²) in [5.41, 5.74) is 0.559. The van der Waals surface area contributed by atoms with Crippen molar-refractivity contribution < 1.29 is 24.6 Å². The Hall–Kier alpha value is -2.17. The zero-order valence-electron chi connectivity index (χ0n) is 8.51. The van der Waals surface area contributed by atoms with Gasteiger partial charge in [0.1, 0.15) is 0 Å². The van der Waals surface area contributed by atoms with Crippen molar-refractivity contribution in [1.29, 1.82) is 0 Å². The summed E-state index contributed by atoms with van der Waals surface area (Å²) >= 11 is 0. The van der Waals surface area contributed by atoms with Crippen molar-refractivity contribution in [2.75, 3.05) is 0 Å². The van der Waals surface area contributed by atoms with E-state index in [9.17, 15) is 14.4 Å². The molecule has 0 aliphatic carbocycles. The highest BCUT2D eigenvalue weighted by Crippen LogP contribution is 2.16. The predicted molar refractivity (Wildman–Crippen MR) is 54.5 cm³/mol. The quantitative estimate of drug-likeness (QED) is 0.588. The van der Waals surface area contributed by atoms with Crippen LogP contribution in [-0.4, -0.2) is 27.9 Å². The van der Waals surface area contributed by atoms with Crippen LogP contribution in [-0.2, 0) is 9.59 Å². The summed E-state index contributed by atoms with van der Waals surface area (Å²) in [7, 11) is 0. The summed E-state index contributed by atoms with van der Waals surface area (Å²) in [6.45, 7) is 1.51. The Morgan fingerprint density at radius 2 is 1.56 bits per heavy atom. The average Bonchev–Trinajstić information content (AvgIpc) is 2.27. The minimum Gasteiger partial charge on any atom is -0.481 e. The molecule has 1 aromatic carbocycles. The Labute approximate surface area is 91.3 Å². The molecule has 0 amide bonds. The summed E-state index contributed by atoms with van der Waals surface area (Å²) in [5.74, 6) is -4.19. The lowest BCUT2D eigenvalue weighted by Crippen LogP contribution is -2.13. The minimum absolute atomic E-state index is 0.0360. The van der Waals surface area contributed by atoms with Crippen LogP contribution >= 0.6 is 0 Å². The van der Waals surface area contributed by atoms with Crippen LogP contribution in [0.4, 0.5) is 0 Å². The van der Waals surface area contributed by atoms with E-state index < -0.39 is 23.6 Å². The first-order chi connectivity index (χ1) is 7.43. The van der Waals surface area contributed by atoms with Crippen molar-refractivity contribution >= 4 is 17.7 Å². The van der Waals surface area contributed by atoms with Gasteiger partial charge in [0.25, 0.3) is 5.78 Å². The van der Waals surface area contributed by atoms with Crippen molar-refractivity contribution in [2.24, 2.45) is 0 Å². The fourth-order valence-corrected chi connectivity index (χ4v) is 1.19. The lowest BCUT2D eigenvalue weighted by atomic mass is 9.99. The largest absolute Gasteiger partial charge is 0.481 e. The third-order valence-corrected chi connectivity index (χ3v) is 2.24. The Bertz CT molecular complexity index is 432. The highest BCUT2D eigenvalue weighted by molar-refractivity contribution is 6.39. The highest BCUT2D eigenvalue weighted by atomic mass is 16.4. The normalized spacial score (nSPS) is 11.8. The molecule has 0 aromatic heterocycles. The third kappa shape index (κ3) is 2.44. The van der Waals surface area contributed by atoms with Gasteiger partial charge in [-0.3, -0.25) is 9.59 Å². The van der Waals surface area contributed by atoms with Crippen LogP contribution in [0, 0.1) is 0 Å². The van der Waals surface area contributed by atoms with E-state index in [-0.39, 0.29) is 5.56 Å². The summed E-state index contributed by atoms with van der Waals surface area (Å²) in [6.07, 6.45) is 0. The van der Waals surface area contributed by atoms with Crippen molar-refractivity contribution in [3.63, 3.8) is 0 Å². The molecule has 0 radical (unpaired) electrons. The second-order valence-corrected chi connectivity index (χ2v) is 3.32. The van der Waals surface area contributed by atoms with Crippen molar-refractivity contribution in [3.8, 4) is 0 Å². The van der Waals surface area contributed by atoms with E-state index in [0.717, 1.165) is 0 Å². The summed E-state index contributed by atoms with van der Waals surface area (Å²) in [6, 6.07) is 5.50. The van der Waals surface area contributed by atoms with Gasteiger partial charge in [-0.1, -0.05) is 24.3 Å². The molecule has 16 heavy (non-hydrogen) atoms. The topological polar surface area (TPSA) is 91.7 Å². The van der Waals surface area contributed by atoms with Crippen LogP contribution < -0.4 is 0 Å². The van der Waals surface area contributed by atoms with E-state index in [1.54, 1.807) is 0 Å². The van der Waals surface area contributed by atoms with Gasteiger partial charge < -0.3 is 10.2 Å². The van der Waals surface area contributed by atoms with Gasteiger partial charge in [-0.05, 0) is 12.5 Å². The second kappa shape index (κ2) is 4.57. The van der Waals surface area contributed by atoms with Crippen LogP contribution in [0.15, 0.2) is 24.3 Å². The average molecular weight is 222 g/mol. The number of carboxylic acid groups (broad SMARTS) is 2. The van der Waals surface area contributed by atoms with Gasteiger partial charge >= 0.3 is 11.9 Å². The van der Waals surface area contributed by atoms with E-state index in [1.165, 1.54) is 31.2 Å². The number of benzene rings is 1. The molecule has 0 aliphatic rings. The molecule has 5 heteroatoms. The Balaban J connectivity index is 2.95. The number of ketones is 1. The van der Waals surface area contributed by atoms with Gasteiger partial charge in [0.2, 0.25) is 0 Å². The Morgan fingerprint density at radius 3 is 1.94 bits per heavy atom. The maximum Gasteiger partial charge on any atom is 0.377 e. The SMILES string of the molecule is CC(C(=O)O)c1ccc(C(=O)C(=O)O)cc1. The summed E-state index contributed by atoms with van der Waals surface area (Å²) in [5, 5.41) is 17.2. The molecule has 0 saturated heterocycles. The van der Waals surface area contributed by atoms with Crippen molar-refractivity contribution in [3.05, 3.63) is 35.4 Å². The van der Waals surface area contributed by atoms with Crippen LogP contribution in [0.25, 0.3) is 0 Å². The molecule has 0 bridgehead atoms. The van der Waals surface area contributed by atoms with Crippen molar-refractivity contribution in [2.45, 2.75) is 12.8 Å². The molecule has 1 aromatic rings. The maximum atomic E-state index is 11.0.